The second-order valence-corrected chi connectivity index (χ2v) is 10.4. The Hall–Kier alpha value is -2.91. The van der Waals surface area contributed by atoms with Gasteiger partial charge in [-0.1, -0.05) is 31.1 Å². The van der Waals surface area contributed by atoms with Gasteiger partial charge in [-0.25, -0.2) is 0 Å². The van der Waals surface area contributed by atoms with Crippen LogP contribution in [0.5, 0.6) is 5.75 Å². The Labute approximate surface area is 216 Å². The zero-order valence-corrected chi connectivity index (χ0v) is 21.2. The van der Waals surface area contributed by atoms with Crippen molar-refractivity contribution in [2.24, 2.45) is 17.8 Å². The van der Waals surface area contributed by atoms with E-state index in [-0.39, 0.29) is 28.9 Å². The number of rotatable bonds is 5. The first-order valence-corrected chi connectivity index (χ1v) is 12.8. The number of carbonyl (C=O) groups excluding carboxylic acids is 2. The Kier molecular flexibility index (Phi) is 6.79. The molecule has 0 bridgehead atoms. The standard InChI is InChI=1S/C27H31B2NO7/c1-4-6-16-11-21-23(27(33)30(26(21)32)19-8-5-7-18(12-19)28(34)35)20-13-22(37-29(36)24(16)20)17-9-14(2)25(31)15(3)10-17/h5,7-10,12,20-23,31,34-36H,4,6,11,13H2,1-3H3/t20-,21-,22-,23+/m0/s1. The van der Waals surface area contributed by atoms with Crippen LogP contribution in [0, 0.1) is 31.6 Å². The van der Waals surface area contributed by atoms with E-state index >= 15 is 0 Å². The molecule has 37 heavy (non-hydrogen) atoms. The highest BCUT2D eigenvalue weighted by molar-refractivity contribution is 6.58. The van der Waals surface area contributed by atoms with Crippen LogP contribution in [0.25, 0.3) is 0 Å². The van der Waals surface area contributed by atoms with Crippen LogP contribution in [0.2, 0.25) is 0 Å². The molecule has 5 rings (SSSR count). The van der Waals surface area contributed by atoms with E-state index in [1.807, 2.05) is 19.1 Å². The molecule has 2 heterocycles. The van der Waals surface area contributed by atoms with Gasteiger partial charge in [-0.2, -0.15) is 0 Å². The van der Waals surface area contributed by atoms with Crippen LogP contribution in [0.4, 0.5) is 5.69 Å². The number of phenolic OH excluding ortho intramolecular Hbond substituents is 1. The summed E-state index contributed by atoms with van der Waals surface area (Å²) >= 11 is 0. The fraction of sp³-hybridized carbons (Fsp3) is 0.407. The van der Waals surface area contributed by atoms with E-state index in [1.54, 1.807) is 26.0 Å². The molecule has 4 N–H and O–H groups in total. The number of aromatic hydroxyl groups is 1. The number of carbonyl (C=O) groups is 2. The molecule has 0 radical (unpaired) electrons. The molecular formula is C27H31B2NO7. The molecule has 0 aromatic heterocycles. The number of fused-ring (bicyclic) bond motifs is 3. The normalized spacial score (nSPS) is 25.5. The number of imide groups is 1. The lowest BCUT2D eigenvalue weighted by molar-refractivity contribution is -0.123. The number of allylic oxidation sites excluding steroid dienone is 2. The lowest BCUT2D eigenvalue weighted by atomic mass is 9.54. The molecule has 1 aliphatic carbocycles. The molecule has 192 valence electrons. The maximum absolute atomic E-state index is 13.9. The fourth-order valence-electron chi connectivity index (χ4n) is 6.42. The number of hydrogen-bond acceptors (Lipinski definition) is 7. The van der Waals surface area contributed by atoms with Crippen LogP contribution < -0.4 is 10.4 Å². The van der Waals surface area contributed by atoms with Gasteiger partial charge in [-0.3, -0.25) is 14.5 Å². The molecule has 2 aromatic rings. The highest BCUT2D eigenvalue weighted by Crippen LogP contribution is 2.52. The number of phenols is 1. The van der Waals surface area contributed by atoms with Gasteiger partial charge in [0.1, 0.15) is 5.75 Å². The second-order valence-electron chi connectivity index (χ2n) is 10.4. The Morgan fingerprint density at radius 2 is 1.78 bits per heavy atom. The minimum absolute atomic E-state index is 0.193. The molecule has 2 aromatic carbocycles. The Balaban J connectivity index is 1.55. The minimum Gasteiger partial charge on any atom is -0.507 e. The van der Waals surface area contributed by atoms with Crippen LogP contribution in [0.1, 0.15) is 55.4 Å². The summed E-state index contributed by atoms with van der Waals surface area (Å²) in [7, 11) is -2.91. The lowest BCUT2D eigenvalue weighted by Gasteiger charge is -2.42. The van der Waals surface area contributed by atoms with Gasteiger partial charge >= 0.3 is 14.2 Å². The van der Waals surface area contributed by atoms with Crippen molar-refractivity contribution in [3.8, 4) is 5.75 Å². The first kappa shape index (κ1) is 25.7. The molecule has 0 spiro atoms. The lowest BCUT2D eigenvalue weighted by Crippen LogP contribution is -2.45. The van der Waals surface area contributed by atoms with Crippen LogP contribution in [0.15, 0.2) is 47.4 Å². The van der Waals surface area contributed by atoms with Gasteiger partial charge in [-0.15, -0.1) is 0 Å². The third-order valence-corrected chi connectivity index (χ3v) is 8.07. The maximum Gasteiger partial charge on any atom is 0.488 e. The molecule has 4 atom stereocenters. The minimum atomic E-state index is -1.72. The van der Waals surface area contributed by atoms with Crippen molar-refractivity contribution >= 4 is 37.2 Å². The summed E-state index contributed by atoms with van der Waals surface area (Å²) < 4.78 is 6.08. The van der Waals surface area contributed by atoms with Gasteiger partial charge in [0.05, 0.1) is 23.6 Å². The van der Waals surface area contributed by atoms with E-state index in [9.17, 15) is 29.8 Å². The largest absolute Gasteiger partial charge is 0.507 e. The quantitative estimate of drug-likeness (QED) is 0.364. The van der Waals surface area contributed by atoms with Gasteiger partial charge < -0.3 is 24.8 Å². The molecule has 8 nitrogen and oxygen atoms in total. The summed E-state index contributed by atoms with van der Waals surface area (Å²) in [5, 5.41) is 40.6. The predicted molar refractivity (Wildman–Crippen MR) is 140 cm³/mol. The Morgan fingerprint density at radius 1 is 1.08 bits per heavy atom. The molecule has 10 heteroatoms. The van der Waals surface area contributed by atoms with Crippen LogP contribution in [0.3, 0.4) is 0 Å². The van der Waals surface area contributed by atoms with Gasteiger partial charge in [-0.05, 0) is 90.9 Å². The zero-order valence-electron chi connectivity index (χ0n) is 21.2. The number of anilines is 1. The van der Waals surface area contributed by atoms with Crippen molar-refractivity contribution in [3.05, 3.63) is 64.1 Å². The average molecular weight is 503 g/mol. The summed E-state index contributed by atoms with van der Waals surface area (Å²) in [5.74, 6) is -2.02. The van der Waals surface area contributed by atoms with Crippen molar-refractivity contribution in [2.45, 2.75) is 52.6 Å². The van der Waals surface area contributed by atoms with Crippen molar-refractivity contribution < 1.29 is 34.4 Å². The summed E-state index contributed by atoms with van der Waals surface area (Å²) in [6.07, 6.45) is 1.83. The highest BCUT2D eigenvalue weighted by atomic mass is 16.5. The molecule has 3 aliphatic rings. The zero-order chi connectivity index (χ0) is 26.6. The fourth-order valence-corrected chi connectivity index (χ4v) is 6.42. The van der Waals surface area contributed by atoms with Crippen molar-refractivity contribution in [1.29, 1.82) is 0 Å². The summed E-state index contributed by atoms with van der Waals surface area (Å²) in [5.41, 5.74) is 4.40. The molecule has 0 unspecified atom stereocenters. The van der Waals surface area contributed by atoms with Crippen molar-refractivity contribution in [3.63, 3.8) is 0 Å². The monoisotopic (exact) mass is 503 g/mol. The van der Waals surface area contributed by atoms with E-state index in [4.69, 9.17) is 4.65 Å². The Bertz CT molecular complexity index is 1270. The molecule has 2 aliphatic heterocycles. The highest BCUT2D eigenvalue weighted by Gasteiger charge is 2.58. The van der Waals surface area contributed by atoms with E-state index < -0.39 is 32.2 Å². The number of aryl methyl sites for hydroxylation is 2. The summed E-state index contributed by atoms with van der Waals surface area (Å²) in [6, 6.07) is 9.84. The van der Waals surface area contributed by atoms with Gasteiger partial charge in [0, 0.05) is 0 Å². The van der Waals surface area contributed by atoms with Gasteiger partial charge in [0.2, 0.25) is 11.8 Å². The van der Waals surface area contributed by atoms with Gasteiger partial charge in [0.15, 0.2) is 0 Å². The number of hydrogen-bond donors (Lipinski definition) is 4. The first-order valence-electron chi connectivity index (χ1n) is 12.8. The second kappa shape index (κ2) is 9.76. The SMILES string of the molecule is CCCC1=C2B(O)O[C@H](c3cc(C)c(O)c(C)c3)C[C@H]2[C@H]2C(=O)N(c3cccc(B(O)O)c3)C(=O)[C@H]2C1. The number of amides is 2. The van der Waals surface area contributed by atoms with E-state index in [0.717, 1.165) is 17.6 Å². The first-order chi connectivity index (χ1) is 17.6. The van der Waals surface area contributed by atoms with Crippen molar-refractivity contribution in [1.82, 2.24) is 0 Å². The van der Waals surface area contributed by atoms with Crippen molar-refractivity contribution in [2.75, 3.05) is 4.90 Å². The Morgan fingerprint density at radius 3 is 2.43 bits per heavy atom. The van der Waals surface area contributed by atoms with E-state index in [0.29, 0.717) is 41.5 Å². The summed E-state index contributed by atoms with van der Waals surface area (Å²) in [6.45, 7) is 5.65. The predicted octanol–water partition coefficient (Wildman–Crippen LogP) is 2.09. The van der Waals surface area contributed by atoms with Crippen LogP contribution >= 0.6 is 0 Å². The molecule has 2 fully saturated rings. The third-order valence-electron chi connectivity index (χ3n) is 8.07. The number of nitrogens with zero attached hydrogens (tertiary/aromatic N) is 1. The third kappa shape index (κ3) is 4.32. The van der Waals surface area contributed by atoms with Gasteiger partial charge in [0.25, 0.3) is 0 Å². The smallest absolute Gasteiger partial charge is 0.488 e. The maximum atomic E-state index is 13.9. The molecule has 2 saturated heterocycles. The molecule has 0 saturated carbocycles. The molecular weight excluding hydrogens is 472 g/mol. The van der Waals surface area contributed by atoms with Crippen LogP contribution in [-0.4, -0.2) is 46.2 Å². The number of benzene rings is 2. The van der Waals surface area contributed by atoms with E-state index in [1.165, 1.54) is 17.0 Å². The topological polar surface area (TPSA) is 128 Å². The van der Waals surface area contributed by atoms with Crippen LogP contribution in [-0.2, 0) is 14.2 Å². The molecule has 2 amide bonds. The average Bonchev–Trinajstić information content (AvgIpc) is 3.11. The van der Waals surface area contributed by atoms with E-state index in [2.05, 4.69) is 0 Å². The summed E-state index contributed by atoms with van der Waals surface area (Å²) in [4.78, 5) is 28.7.